The fraction of sp³-hybridized carbons (Fsp3) is 0.444. The summed E-state index contributed by atoms with van der Waals surface area (Å²) in [6.07, 6.45) is 3.55. The zero-order chi connectivity index (χ0) is 15.2. The van der Waals surface area contributed by atoms with Crippen LogP contribution < -0.4 is 5.32 Å². The smallest absolute Gasteiger partial charge is 0.0492 e. The van der Waals surface area contributed by atoms with Gasteiger partial charge < -0.3 is 5.32 Å². The van der Waals surface area contributed by atoms with E-state index in [-0.39, 0.29) is 0 Å². The summed E-state index contributed by atoms with van der Waals surface area (Å²) < 4.78 is 0. The highest BCUT2D eigenvalue weighted by Crippen LogP contribution is 2.36. The summed E-state index contributed by atoms with van der Waals surface area (Å²) in [5, 5.41) is 4.49. The molecule has 114 valence electrons. The van der Waals surface area contributed by atoms with Gasteiger partial charge in [0.2, 0.25) is 0 Å². The summed E-state index contributed by atoms with van der Waals surface area (Å²) in [6.45, 7) is 7.63. The second kappa shape index (κ2) is 7.98. The van der Waals surface area contributed by atoms with Crippen molar-refractivity contribution in [3.63, 3.8) is 0 Å². The minimum absolute atomic E-state index is 0.470. The van der Waals surface area contributed by atoms with Crippen LogP contribution >= 0.6 is 22.9 Å². The lowest BCUT2D eigenvalue weighted by Crippen LogP contribution is -2.21. The fourth-order valence-electron chi connectivity index (χ4n) is 2.46. The number of benzene rings is 1. The molecule has 0 saturated carbocycles. The Morgan fingerprint density at radius 3 is 2.67 bits per heavy atom. The van der Waals surface area contributed by atoms with Gasteiger partial charge in [0.05, 0.1) is 0 Å². The maximum absolute atomic E-state index is 6.36. The molecule has 1 nitrogen and oxygen atoms in total. The maximum atomic E-state index is 6.36. The highest BCUT2D eigenvalue weighted by atomic mass is 35.5. The van der Waals surface area contributed by atoms with Gasteiger partial charge in [0, 0.05) is 26.4 Å². The number of hydrogen-bond donors (Lipinski definition) is 1. The molecular weight excluding hydrogens is 298 g/mol. The second-order valence-corrected chi connectivity index (χ2v) is 7.00. The molecule has 2 aromatic rings. The van der Waals surface area contributed by atoms with Crippen LogP contribution in [0.5, 0.6) is 0 Å². The van der Waals surface area contributed by atoms with Crippen molar-refractivity contribution in [1.82, 2.24) is 5.32 Å². The normalized spacial score (nSPS) is 12.6. The molecule has 0 spiro atoms. The molecule has 1 aromatic carbocycles. The van der Waals surface area contributed by atoms with Crippen LogP contribution in [0.4, 0.5) is 0 Å². The molecule has 1 atom stereocenters. The summed E-state index contributed by atoms with van der Waals surface area (Å²) in [6, 6.07) is 11.1. The minimum Gasteiger partial charge on any atom is -0.309 e. The molecule has 0 aliphatic rings. The number of thiophene rings is 1. The molecule has 21 heavy (non-hydrogen) atoms. The molecule has 0 aliphatic carbocycles. The van der Waals surface area contributed by atoms with Crippen molar-refractivity contribution in [2.24, 2.45) is 0 Å². The Kier molecular flexibility index (Phi) is 6.28. The Labute approximate surface area is 137 Å². The van der Waals surface area contributed by atoms with E-state index >= 15 is 0 Å². The first kappa shape index (κ1) is 16.5. The van der Waals surface area contributed by atoms with E-state index in [1.54, 1.807) is 0 Å². The van der Waals surface area contributed by atoms with Crippen molar-refractivity contribution in [3.05, 3.63) is 45.8 Å². The Hall–Kier alpha value is -0.830. The van der Waals surface area contributed by atoms with Crippen molar-refractivity contribution in [2.45, 2.75) is 46.1 Å². The molecule has 0 bridgehead atoms. The van der Waals surface area contributed by atoms with Crippen molar-refractivity contribution in [3.8, 4) is 10.4 Å². The van der Waals surface area contributed by atoms with Gasteiger partial charge in [0.25, 0.3) is 0 Å². The van der Waals surface area contributed by atoms with Crippen molar-refractivity contribution >= 4 is 22.9 Å². The van der Waals surface area contributed by atoms with E-state index < -0.39 is 0 Å². The lowest BCUT2D eigenvalue weighted by atomic mass is 10.1. The van der Waals surface area contributed by atoms with E-state index in [4.69, 9.17) is 11.6 Å². The fourth-order valence-corrected chi connectivity index (χ4v) is 3.89. The average Bonchev–Trinajstić information content (AvgIpc) is 2.95. The second-order valence-electron chi connectivity index (χ2n) is 5.48. The van der Waals surface area contributed by atoms with Crippen LogP contribution in [0, 0.1) is 6.92 Å². The first-order chi connectivity index (χ1) is 10.2. The van der Waals surface area contributed by atoms with Gasteiger partial charge in [-0.25, -0.2) is 0 Å². The topological polar surface area (TPSA) is 12.0 Å². The summed E-state index contributed by atoms with van der Waals surface area (Å²) in [5.41, 5.74) is 2.40. The molecule has 0 aliphatic heterocycles. The largest absolute Gasteiger partial charge is 0.309 e. The van der Waals surface area contributed by atoms with Crippen LogP contribution in [0.25, 0.3) is 10.4 Å². The van der Waals surface area contributed by atoms with Crippen molar-refractivity contribution in [2.75, 3.05) is 6.54 Å². The van der Waals surface area contributed by atoms with E-state index in [1.807, 2.05) is 17.4 Å². The van der Waals surface area contributed by atoms with Gasteiger partial charge in [0.15, 0.2) is 0 Å². The quantitative estimate of drug-likeness (QED) is 0.638. The predicted molar refractivity (Wildman–Crippen MR) is 95.4 cm³/mol. The Bertz CT molecular complexity index is 576. The SMILES string of the molecule is CCCNC(CCC)c1ccc(-c2cc(C)ccc2Cl)s1. The third kappa shape index (κ3) is 4.32. The highest BCUT2D eigenvalue weighted by molar-refractivity contribution is 7.15. The zero-order valence-electron chi connectivity index (χ0n) is 13.1. The first-order valence-corrected chi connectivity index (χ1v) is 8.94. The van der Waals surface area contributed by atoms with Crippen LogP contribution in [0.1, 0.15) is 49.6 Å². The monoisotopic (exact) mass is 321 g/mol. The van der Waals surface area contributed by atoms with E-state index in [1.165, 1.54) is 34.6 Å². The lowest BCUT2D eigenvalue weighted by Gasteiger charge is -2.16. The van der Waals surface area contributed by atoms with Crippen molar-refractivity contribution in [1.29, 1.82) is 0 Å². The van der Waals surface area contributed by atoms with Gasteiger partial charge in [-0.05, 0) is 50.6 Å². The van der Waals surface area contributed by atoms with E-state index in [2.05, 4.69) is 50.4 Å². The van der Waals surface area contributed by atoms with E-state index in [0.717, 1.165) is 17.1 Å². The number of halogens is 1. The van der Waals surface area contributed by atoms with Crippen LogP contribution in [-0.4, -0.2) is 6.54 Å². The third-order valence-corrected chi connectivity index (χ3v) is 5.14. The molecule has 0 radical (unpaired) electrons. The molecule has 0 amide bonds. The average molecular weight is 322 g/mol. The Morgan fingerprint density at radius 2 is 1.95 bits per heavy atom. The Balaban J connectivity index is 2.24. The maximum Gasteiger partial charge on any atom is 0.0492 e. The molecular formula is C18H24ClNS. The van der Waals surface area contributed by atoms with Crippen molar-refractivity contribution < 1.29 is 0 Å². The first-order valence-electron chi connectivity index (χ1n) is 7.75. The van der Waals surface area contributed by atoms with Gasteiger partial charge in [-0.1, -0.05) is 43.5 Å². The number of rotatable bonds is 7. The molecule has 3 heteroatoms. The Morgan fingerprint density at radius 1 is 1.14 bits per heavy atom. The van der Waals surface area contributed by atoms with Gasteiger partial charge in [0.1, 0.15) is 0 Å². The molecule has 1 heterocycles. The molecule has 0 saturated heterocycles. The molecule has 1 aromatic heterocycles. The summed E-state index contributed by atoms with van der Waals surface area (Å²) in [5.74, 6) is 0. The molecule has 1 unspecified atom stereocenters. The standard InChI is InChI=1S/C18H24ClNS/c1-4-6-16(20-11-5-2)18-10-9-17(21-18)14-12-13(3)7-8-15(14)19/h7-10,12,16,20H,4-6,11H2,1-3H3. The zero-order valence-corrected chi connectivity index (χ0v) is 14.7. The number of aryl methyl sites for hydroxylation is 1. The summed E-state index contributed by atoms with van der Waals surface area (Å²) in [4.78, 5) is 2.68. The van der Waals surface area contributed by atoms with E-state index in [0.29, 0.717) is 6.04 Å². The number of hydrogen-bond acceptors (Lipinski definition) is 2. The minimum atomic E-state index is 0.470. The third-order valence-electron chi connectivity index (χ3n) is 3.58. The van der Waals surface area contributed by atoms with Gasteiger partial charge in [-0.2, -0.15) is 0 Å². The van der Waals surface area contributed by atoms with Crippen LogP contribution in [-0.2, 0) is 0 Å². The van der Waals surface area contributed by atoms with Gasteiger partial charge in [-0.3, -0.25) is 0 Å². The predicted octanol–water partition coefficient (Wildman–Crippen LogP) is 6.22. The van der Waals surface area contributed by atoms with Crippen LogP contribution in [0.15, 0.2) is 30.3 Å². The summed E-state index contributed by atoms with van der Waals surface area (Å²) >= 11 is 8.22. The lowest BCUT2D eigenvalue weighted by molar-refractivity contribution is 0.501. The van der Waals surface area contributed by atoms with E-state index in [9.17, 15) is 0 Å². The number of nitrogens with one attached hydrogen (secondary N) is 1. The molecule has 2 rings (SSSR count). The molecule has 0 fully saturated rings. The van der Waals surface area contributed by atoms with Crippen LogP contribution in [0.3, 0.4) is 0 Å². The van der Waals surface area contributed by atoms with Crippen LogP contribution in [0.2, 0.25) is 5.02 Å². The molecule has 1 N–H and O–H groups in total. The summed E-state index contributed by atoms with van der Waals surface area (Å²) in [7, 11) is 0. The highest BCUT2D eigenvalue weighted by Gasteiger charge is 2.14. The van der Waals surface area contributed by atoms with Gasteiger partial charge >= 0.3 is 0 Å². The van der Waals surface area contributed by atoms with Gasteiger partial charge in [-0.15, -0.1) is 11.3 Å².